The Labute approximate surface area is 159 Å². The van der Waals surface area contributed by atoms with Crippen LogP contribution in [0.1, 0.15) is 31.0 Å². The predicted molar refractivity (Wildman–Crippen MR) is 97.5 cm³/mol. The highest BCUT2D eigenvalue weighted by atomic mass is 35.5. The lowest BCUT2D eigenvalue weighted by molar-refractivity contribution is -0.137. The summed E-state index contributed by atoms with van der Waals surface area (Å²) in [6, 6.07) is 9.32. The molecule has 0 spiro atoms. The number of halogens is 5. The molecule has 8 heteroatoms. The second kappa shape index (κ2) is 8.29. The first-order chi connectivity index (χ1) is 12.1. The Kier molecular flexibility index (Phi) is 6.55. The van der Waals surface area contributed by atoms with Crippen LogP contribution in [0.15, 0.2) is 42.5 Å². The molecule has 0 aliphatic rings. The van der Waals surface area contributed by atoms with Crippen molar-refractivity contribution in [3.63, 3.8) is 0 Å². The number of carbonyl (C=O) groups is 1. The molecule has 2 atom stereocenters. The van der Waals surface area contributed by atoms with Crippen LogP contribution < -0.4 is 10.6 Å². The molecular weight excluding hydrogens is 388 g/mol. The average molecular weight is 405 g/mol. The Bertz CT molecular complexity index is 796. The van der Waals surface area contributed by atoms with Gasteiger partial charge in [-0.25, -0.2) is 0 Å². The zero-order chi connectivity index (χ0) is 19.5. The van der Waals surface area contributed by atoms with Crippen molar-refractivity contribution in [1.29, 1.82) is 0 Å². The Balaban J connectivity index is 2.12. The van der Waals surface area contributed by atoms with Crippen molar-refractivity contribution in [3.8, 4) is 0 Å². The fourth-order valence-corrected chi connectivity index (χ4v) is 2.94. The van der Waals surface area contributed by atoms with E-state index in [1.54, 1.807) is 19.1 Å². The molecule has 2 rings (SSSR count). The minimum atomic E-state index is -4.63. The summed E-state index contributed by atoms with van der Waals surface area (Å²) in [5, 5.41) is 5.80. The lowest BCUT2D eigenvalue weighted by Gasteiger charge is -2.22. The van der Waals surface area contributed by atoms with Gasteiger partial charge in [0.25, 0.3) is 0 Å². The number of amides is 1. The molecular formula is C18H17Cl2F3N2O. The standard InChI is InChI=1S/C18H17Cl2F3N2O/c1-10(13-5-3-4-6-15(13)20)24-11(2)17(26)25-16-8-7-12(19)9-14(16)18(21,22)23/h3-11,24H,1-2H3,(H,25,26). The summed E-state index contributed by atoms with van der Waals surface area (Å²) in [6.45, 7) is 3.38. The van der Waals surface area contributed by atoms with Gasteiger partial charge in [-0.2, -0.15) is 13.2 Å². The minimum Gasteiger partial charge on any atom is -0.324 e. The van der Waals surface area contributed by atoms with E-state index >= 15 is 0 Å². The fourth-order valence-electron chi connectivity index (χ4n) is 2.47. The van der Waals surface area contributed by atoms with Crippen LogP contribution in [0.3, 0.4) is 0 Å². The van der Waals surface area contributed by atoms with Gasteiger partial charge in [0.05, 0.1) is 17.3 Å². The van der Waals surface area contributed by atoms with E-state index in [-0.39, 0.29) is 16.8 Å². The van der Waals surface area contributed by atoms with E-state index < -0.39 is 23.7 Å². The van der Waals surface area contributed by atoms with E-state index in [0.717, 1.165) is 17.7 Å². The van der Waals surface area contributed by atoms with Gasteiger partial charge in [0.2, 0.25) is 5.91 Å². The molecule has 0 heterocycles. The first kappa shape index (κ1) is 20.6. The maximum absolute atomic E-state index is 13.1. The van der Waals surface area contributed by atoms with Gasteiger partial charge >= 0.3 is 6.18 Å². The Morgan fingerprint density at radius 1 is 1.08 bits per heavy atom. The lowest BCUT2D eigenvalue weighted by Crippen LogP contribution is -2.39. The molecule has 0 saturated carbocycles. The molecule has 1 amide bonds. The molecule has 26 heavy (non-hydrogen) atoms. The Morgan fingerprint density at radius 3 is 2.35 bits per heavy atom. The molecule has 2 aromatic rings. The number of anilines is 1. The largest absolute Gasteiger partial charge is 0.418 e. The van der Waals surface area contributed by atoms with Crippen LogP contribution in [0.2, 0.25) is 10.0 Å². The number of benzene rings is 2. The molecule has 0 saturated heterocycles. The number of nitrogens with one attached hydrogen (secondary N) is 2. The highest BCUT2D eigenvalue weighted by Gasteiger charge is 2.34. The molecule has 3 nitrogen and oxygen atoms in total. The van der Waals surface area contributed by atoms with Crippen molar-refractivity contribution in [2.75, 3.05) is 5.32 Å². The number of alkyl halides is 3. The van der Waals surface area contributed by atoms with Crippen molar-refractivity contribution < 1.29 is 18.0 Å². The highest BCUT2D eigenvalue weighted by Crippen LogP contribution is 2.36. The maximum Gasteiger partial charge on any atom is 0.418 e. The fraction of sp³-hybridized carbons (Fsp3) is 0.278. The van der Waals surface area contributed by atoms with Gasteiger partial charge < -0.3 is 5.32 Å². The first-order valence-corrected chi connectivity index (χ1v) is 8.53. The van der Waals surface area contributed by atoms with Gasteiger partial charge in [0, 0.05) is 16.1 Å². The zero-order valence-electron chi connectivity index (χ0n) is 14.0. The van der Waals surface area contributed by atoms with E-state index in [1.807, 2.05) is 19.1 Å². The van der Waals surface area contributed by atoms with E-state index in [1.165, 1.54) is 6.07 Å². The first-order valence-electron chi connectivity index (χ1n) is 7.77. The summed E-state index contributed by atoms with van der Waals surface area (Å²) in [6.07, 6.45) is -4.63. The molecule has 140 valence electrons. The summed E-state index contributed by atoms with van der Waals surface area (Å²) in [7, 11) is 0. The van der Waals surface area contributed by atoms with Crippen LogP contribution in [0.4, 0.5) is 18.9 Å². The van der Waals surface area contributed by atoms with E-state index in [2.05, 4.69) is 10.6 Å². The van der Waals surface area contributed by atoms with Crippen LogP contribution in [0.25, 0.3) is 0 Å². The molecule has 2 N–H and O–H groups in total. The summed E-state index contributed by atoms with van der Waals surface area (Å²) in [4.78, 5) is 12.3. The monoisotopic (exact) mass is 404 g/mol. The van der Waals surface area contributed by atoms with Crippen molar-refractivity contribution >= 4 is 34.8 Å². The van der Waals surface area contributed by atoms with Crippen LogP contribution in [-0.2, 0) is 11.0 Å². The number of hydrogen-bond acceptors (Lipinski definition) is 2. The van der Waals surface area contributed by atoms with Crippen molar-refractivity contribution in [2.24, 2.45) is 0 Å². The SMILES string of the molecule is CC(NC(C)c1ccccc1Cl)C(=O)Nc1ccc(Cl)cc1C(F)(F)F. The number of rotatable bonds is 5. The van der Waals surface area contributed by atoms with Gasteiger partial charge in [-0.1, -0.05) is 41.4 Å². The van der Waals surface area contributed by atoms with Gasteiger partial charge in [0.15, 0.2) is 0 Å². The lowest BCUT2D eigenvalue weighted by atomic mass is 10.1. The zero-order valence-corrected chi connectivity index (χ0v) is 15.5. The van der Waals surface area contributed by atoms with E-state index in [0.29, 0.717) is 5.02 Å². The van der Waals surface area contributed by atoms with Gasteiger partial charge in [0.1, 0.15) is 0 Å². The van der Waals surface area contributed by atoms with Crippen molar-refractivity contribution in [2.45, 2.75) is 32.1 Å². The molecule has 2 unspecified atom stereocenters. The highest BCUT2D eigenvalue weighted by molar-refractivity contribution is 6.31. The minimum absolute atomic E-state index is 0.0613. The average Bonchev–Trinajstić information content (AvgIpc) is 2.55. The van der Waals surface area contributed by atoms with Gasteiger partial charge in [-0.05, 0) is 43.7 Å². The summed E-state index contributed by atoms with van der Waals surface area (Å²) >= 11 is 11.8. The third-order valence-corrected chi connectivity index (χ3v) is 4.39. The van der Waals surface area contributed by atoms with Gasteiger partial charge in [-0.15, -0.1) is 0 Å². The van der Waals surface area contributed by atoms with Crippen LogP contribution in [0.5, 0.6) is 0 Å². The molecule has 0 aliphatic heterocycles. The normalized spacial score (nSPS) is 14.0. The molecule has 0 aromatic heterocycles. The van der Waals surface area contributed by atoms with Crippen LogP contribution in [0, 0.1) is 0 Å². The molecule has 2 aromatic carbocycles. The van der Waals surface area contributed by atoms with E-state index in [4.69, 9.17) is 23.2 Å². The van der Waals surface area contributed by atoms with Crippen LogP contribution in [-0.4, -0.2) is 11.9 Å². The second-order valence-corrected chi connectivity index (χ2v) is 6.65. The quantitative estimate of drug-likeness (QED) is 0.671. The van der Waals surface area contributed by atoms with Crippen LogP contribution >= 0.6 is 23.2 Å². The third kappa shape index (κ3) is 5.13. The third-order valence-electron chi connectivity index (χ3n) is 3.81. The number of carbonyl (C=O) groups excluding carboxylic acids is 1. The van der Waals surface area contributed by atoms with Crippen molar-refractivity contribution in [1.82, 2.24) is 5.32 Å². The summed E-state index contributed by atoms with van der Waals surface area (Å²) in [5.74, 6) is -0.600. The molecule has 0 radical (unpaired) electrons. The molecule has 0 aliphatic carbocycles. The predicted octanol–water partition coefficient (Wildman–Crippen LogP) is 5.69. The smallest absolute Gasteiger partial charge is 0.324 e. The summed E-state index contributed by atoms with van der Waals surface area (Å²) in [5.41, 5.74) is -0.549. The molecule has 0 bridgehead atoms. The summed E-state index contributed by atoms with van der Waals surface area (Å²) < 4.78 is 39.3. The molecule has 0 fully saturated rings. The number of hydrogen-bond donors (Lipinski definition) is 2. The topological polar surface area (TPSA) is 41.1 Å². The van der Waals surface area contributed by atoms with E-state index in [9.17, 15) is 18.0 Å². The van der Waals surface area contributed by atoms with Crippen molar-refractivity contribution in [3.05, 3.63) is 63.6 Å². The maximum atomic E-state index is 13.1. The second-order valence-electron chi connectivity index (χ2n) is 5.81. The Morgan fingerprint density at radius 2 is 1.73 bits per heavy atom. The van der Waals surface area contributed by atoms with Gasteiger partial charge in [-0.3, -0.25) is 10.1 Å². The Hall–Kier alpha value is -1.76.